The molecule has 3 rings (SSSR count). The van der Waals surface area contributed by atoms with Crippen molar-refractivity contribution in [3.63, 3.8) is 0 Å². The molecule has 1 aliphatic heterocycles. The molecule has 0 N–H and O–H groups in total. The lowest BCUT2D eigenvalue weighted by molar-refractivity contribution is -0.133. The van der Waals surface area contributed by atoms with E-state index in [1.807, 2.05) is 43.3 Å². The van der Waals surface area contributed by atoms with Gasteiger partial charge < -0.3 is 18.8 Å². The van der Waals surface area contributed by atoms with Gasteiger partial charge in [-0.3, -0.25) is 4.79 Å². The molecule has 1 aromatic carbocycles. The third-order valence-electron chi connectivity index (χ3n) is 4.66. The van der Waals surface area contributed by atoms with Gasteiger partial charge in [-0.15, -0.1) is 0 Å². The van der Waals surface area contributed by atoms with Crippen LogP contribution in [-0.4, -0.2) is 31.3 Å². The second-order valence-corrected chi connectivity index (χ2v) is 6.80. The van der Waals surface area contributed by atoms with E-state index in [0.717, 1.165) is 42.9 Å². The first kappa shape index (κ1) is 18.7. The number of nitrogens with zero attached hydrogens (tertiary/aromatic N) is 1. The Morgan fingerprint density at radius 1 is 1.27 bits per heavy atom. The summed E-state index contributed by atoms with van der Waals surface area (Å²) < 4.78 is 17.0. The van der Waals surface area contributed by atoms with Gasteiger partial charge in [0.25, 0.3) is 5.91 Å². The summed E-state index contributed by atoms with van der Waals surface area (Å²) >= 11 is 0. The summed E-state index contributed by atoms with van der Waals surface area (Å²) in [5.74, 6) is 0.655. The molecule has 0 aliphatic carbocycles. The van der Waals surface area contributed by atoms with Crippen LogP contribution in [0.5, 0.6) is 0 Å². The van der Waals surface area contributed by atoms with Gasteiger partial charge in [0.05, 0.1) is 25.5 Å². The van der Waals surface area contributed by atoms with E-state index in [1.54, 1.807) is 18.1 Å². The van der Waals surface area contributed by atoms with Gasteiger partial charge in [0.15, 0.2) is 0 Å². The molecule has 2 heterocycles. The second kappa shape index (κ2) is 9.01. The lowest BCUT2D eigenvalue weighted by Gasteiger charge is -2.27. The molecular formula is C21H27NO4. The SMILES string of the molecule is Cc1ccc(N(Cc2ccco2)C(=O)C(C)OCC2CCCCO2)cc1. The molecule has 5 nitrogen and oxygen atoms in total. The molecule has 2 unspecified atom stereocenters. The van der Waals surface area contributed by atoms with Crippen LogP contribution in [0.25, 0.3) is 0 Å². The standard InChI is InChI=1S/C21H27NO4/c1-16-8-10-18(11-9-16)22(14-19-7-5-13-24-19)21(23)17(2)26-15-20-6-3-4-12-25-20/h5,7-11,13,17,20H,3-4,6,12,14-15H2,1-2H3. The second-order valence-electron chi connectivity index (χ2n) is 6.80. The number of hydrogen-bond donors (Lipinski definition) is 0. The van der Waals surface area contributed by atoms with Crippen molar-refractivity contribution in [2.75, 3.05) is 18.1 Å². The number of hydrogen-bond acceptors (Lipinski definition) is 4. The van der Waals surface area contributed by atoms with Crippen molar-refractivity contribution in [1.82, 2.24) is 0 Å². The molecule has 0 spiro atoms. The molecule has 1 fully saturated rings. The highest BCUT2D eigenvalue weighted by atomic mass is 16.5. The van der Waals surface area contributed by atoms with Gasteiger partial charge in [0.2, 0.25) is 0 Å². The Morgan fingerprint density at radius 2 is 2.08 bits per heavy atom. The molecule has 1 amide bonds. The smallest absolute Gasteiger partial charge is 0.256 e. The average Bonchev–Trinajstić information content (AvgIpc) is 3.18. The first-order valence-corrected chi connectivity index (χ1v) is 9.27. The van der Waals surface area contributed by atoms with Crippen molar-refractivity contribution in [2.45, 2.75) is 51.9 Å². The van der Waals surface area contributed by atoms with E-state index in [9.17, 15) is 4.79 Å². The Morgan fingerprint density at radius 3 is 2.73 bits per heavy atom. The van der Waals surface area contributed by atoms with Gasteiger partial charge in [-0.1, -0.05) is 17.7 Å². The number of amides is 1. The molecule has 1 aliphatic rings. The topological polar surface area (TPSA) is 51.9 Å². The first-order chi connectivity index (χ1) is 12.6. The van der Waals surface area contributed by atoms with Gasteiger partial charge in [0, 0.05) is 12.3 Å². The molecule has 0 radical (unpaired) electrons. The van der Waals surface area contributed by atoms with E-state index >= 15 is 0 Å². The van der Waals surface area contributed by atoms with Crippen molar-refractivity contribution in [2.24, 2.45) is 0 Å². The summed E-state index contributed by atoms with van der Waals surface area (Å²) in [6.07, 6.45) is 4.43. The minimum absolute atomic E-state index is 0.0823. The van der Waals surface area contributed by atoms with E-state index in [2.05, 4.69) is 0 Å². The zero-order chi connectivity index (χ0) is 18.4. The number of carbonyl (C=O) groups is 1. The number of rotatable bonds is 7. The third-order valence-corrected chi connectivity index (χ3v) is 4.66. The molecule has 0 saturated carbocycles. The number of carbonyl (C=O) groups excluding carboxylic acids is 1. The molecule has 2 atom stereocenters. The zero-order valence-corrected chi connectivity index (χ0v) is 15.5. The number of anilines is 1. The van der Waals surface area contributed by atoms with Crippen LogP contribution in [-0.2, 0) is 20.8 Å². The van der Waals surface area contributed by atoms with E-state index in [0.29, 0.717) is 13.2 Å². The average molecular weight is 357 g/mol. The van der Waals surface area contributed by atoms with Gasteiger partial charge in [-0.05, 0) is 57.4 Å². The molecule has 26 heavy (non-hydrogen) atoms. The summed E-state index contributed by atoms with van der Waals surface area (Å²) in [6, 6.07) is 11.6. The summed E-state index contributed by atoms with van der Waals surface area (Å²) in [5.41, 5.74) is 1.99. The highest BCUT2D eigenvalue weighted by molar-refractivity contribution is 5.96. The largest absolute Gasteiger partial charge is 0.467 e. The zero-order valence-electron chi connectivity index (χ0n) is 15.5. The Balaban J connectivity index is 1.67. The molecular weight excluding hydrogens is 330 g/mol. The lowest BCUT2D eigenvalue weighted by Crippen LogP contribution is -2.40. The maximum atomic E-state index is 13.0. The van der Waals surface area contributed by atoms with Crippen LogP contribution >= 0.6 is 0 Å². The fraction of sp³-hybridized carbons (Fsp3) is 0.476. The Kier molecular flexibility index (Phi) is 6.47. The van der Waals surface area contributed by atoms with Crippen LogP contribution < -0.4 is 4.90 Å². The Hall–Kier alpha value is -2.11. The van der Waals surface area contributed by atoms with Gasteiger partial charge in [0.1, 0.15) is 11.9 Å². The summed E-state index contributed by atoms with van der Waals surface area (Å²) in [6.45, 7) is 5.44. The molecule has 2 aromatic rings. The number of furan rings is 1. The number of aryl methyl sites for hydroxylation is 1. The lowest BCUT2D eigenvalue weighted by atomic mass is 10.1. The van der Waals surface area contributed by atoms with E-state index in [1.165, 1.54) is 0 Å². The van der Waals surface area contributed by atoms with Crippen molar-refractivity contribution in [1.29, 1.82) is 0 Å². The maximum Gasteiger partial charge on any atom is 0.256 e. The van der Waals surface area contributed by atoms with E-state index in [4.69, 9.17) is 13.9 Å². The predicted octanol–water partition coefficient (Wildman–Crippen LogP) is 4.10. The maximum absolute atomic E-state index is 13.0. The van der Waals surface area contributed by atoms with Gasteiger partial charge in [-0.2, -0.15) is 0 Å². The Labute approximate surface area is 154 Å². The fourth-order valence-electron chi connectivity index (χ4n) is 3.06. The monoisotopic (exact) mass is 357 g/mol. The van der Waals surface area contributed by atoms with Crippen molar-refractivity contribution in [3.8, 4) is 0 Å². The normalized spacial score (nSPS) is 18.5. The van der Waals surface area contributed by atoms with Crippen molar-refractivity contribution in [3.05, 3.63) is 54.0 Å². The van der Waals surface area contributed by atoms with Crippen molar-refractivity contribution < 1.29 is 18.7 Å². The molecule has 140 valence electrons. The van der Waals surface area contributed by atoms with E-state index < -0.39 is 6.10 Å². The molecule has 1 aromatic heterocycles. The van der Waals surface area contributed by atoms with Crippen LogP contribution in [0.2, 0.25) is 0 Å². The minimum atomic E-state index is -0.545. The molecule has 0 bridgehead atoms. The highest BCUT2D eigenvalue weighted by Crippen LogP contribution is 2.21. The first-order valence-electron chi connectivity index (χ1n) is 9.27. The van der Waals surface area contributed by atoms with Gasteiger partial charge >= 0.3 is 0 Å². The van der Waals surface area contributed by atoms with Crippen LogP contribution in [0.4, 0.5) is 5.69 Å². The van der Waals surface area contributed by atoms with Gasteiger partial charge in [-0.25, -0.2) is 0 Å². The van der Waals surface area contributed by atoms with E-state index in [-0.39, 0.29) is 12.0 Å². The summed E-state index contributed by atoms with van der Waals surface area (Å²) in [7, 11) is 0. The minimum Gasteiger partial charge on any atom is -0.467 e. The highest BCUT2D eigenvalue weighted by Gasteiger charge is 2.25. The summed E-state index contributed by atoms with van der Waals surface area (Å²) in [4.78, 5) is 14.8. The van der Waals surface area contributed by atoms with Crippen molar-refractivity contribution >= 4 is 11.6 Å². The van der Waals surface area contributed by atoms with Crippen LogP contribution in [0, 0.1) is 6.92 Å². The number of benzene rings is 1. The summed E-state index contributed by atoms with van der Waals surface area (Å²) in [5, 5.41) is 0. The molecule has 5 heteroatoms. The van der Waals surface area contributed by atoms with Crippen LogP contribution in [0.3, 0.4) is 0 Å². The number of ether oxygens (including phenoxy) is 2. The quantitative estimate of drug-likeness (QED) is 0.749. The molecule has 1 saturated heterocycles. The van der Waals surface area contributed by atoms with Crippen LogP contribution in [0.15, 0.2) is 47.1 Å². The third kappa shape index (κ3) is 4.96. The Bertz CT molecular complexity index is 675. The predicted molar refractivity (Wildman–Crippen MR) is 100 cm³/mol. The fourth-order valence-corrected chi connectivity index (χ4v) is 3.06. The van der Waals surface area contributed by atoms with Crippen LogP contribution in [0.1, 0.15) is 37.5 Å².